The molecule has 0 aromatic heterocycles. The van der Waals surface area contributed by atoms with Crippen molar-refractivity contribution in [1.29, 1.82) is 0 Å². The molecule has 1 amide bonds. The Labute approximate surface area is 96.2 Å². The van der Waals surface area contributed by atoms with Crippen LogP contribution in [0.2, 0.25) is 0 Å². The zero-order chi connectivity index (χ0) is 11.8. The largest absolute Gasteiger partial charge is 0.484 e. The average molecular weight is 222 g/mol. The van der Waals surface area contributed by atoms with Crippen molar-refractivity contribution in [3.05, 3.63) is 30.3 Å². The number of rotatable bonds is 6. The van der Waals surface area contributed by atoms with Gasteiger partial charge < -0.3 is 15.0 Å². The van der Waals surface area contributed by atoms with E-state index in [1.54, 1.807) is 11.9 Å². The lowest BCUT2D eigenvalue weighted by atomic mass is 10.3. The molecule has 1 aromatic carbocycles. The van der Waals surface area contributed by atoms with E-state index in [2.05, 4.69) is 5.32 Å². The Morgan fingerprint density at radius 1 is 1.38 bits per heavy atom. The Balaban J connectivity index is 2.29. The Bertz CT molecular complexity index is 314. The molecule has 0 fully saturated rings. The van der Waals surface area contributed by atoms with Crippen LogP contribution in [-0.4, -0.2) is 44.6 Å². The third kappa shape index (κ3) is 4.31. The molecule has 0 heterocycles. The second-order valence-corrected chi connectivity index (χ2v) is 3.52. The normalized spacial score (nSPS) is 9.88. The minimum absolute atomic E-state index is 0.0147. The first-order valence-electron chi connectivity index (χ1n) is 5.30. The third-order valence-corrected chi connectivity index (χ3v) is 2.23. The molecular weight excluding hydrogens is 204 g/mol. The van der Waals surface area contributed by atoms with Crippen molar-refractivity contribution in [3.8, 4) is 5.75 Å². The summed E-state index contributed by atoms with van der Waals surface area (Å²) in [7, 11) is 3.63. The maximum atomic E-state index is 11.6. The van der Waals surface area contributed by atoms with E-state index in [1.807, 2.05) is 37.4 Å². The van der Waals surface area contributed by atoms with Gasteiger partial charge in [-0.1, -0.05) is 18.2 Å². The minimum atomic E-state index is -0.0147. The number of carbonyl (C=O) groups is 1. The topological polar surface area (TPSA) is 41.6 Å². The molecule has 1 N–H and O–H groups in total. The highest BCUT2D eigenvalue weighted by atomic mass is 16.5. The number of hydrogen-bond acceptors (Lipinski definition) is 3. The zero-order valence-corrected chi connectivity index (χ0v) is 9.77. The van der Waals surface area contributed by atoms with Crippen molar-refractivity contribution in [2.24, 2.45) is 0 Å². The van der Waals surface area contributed by atoms with Crippen molar-refractivity contribution in [3.63, 3.8) is 0 Å². The molecule has 0 unspecified atom stereocenters. The molecule has 0 spiro atoms. The van der Waals surface area contributed by atoms with Gasteiger partial charge in [-0.2, -0.15) is 0 Å². The zero-order valence-electron chi connectivity index (χ0n) is 9.77. The number of carbonyl (C=O) groups excluding carboxylic acids is 1. The summed E-state index contributed by atoms with van der Waals surface area (Å²) in [5.41, 5.74) is 0. The summed E-state index contributed by atoms with van der Waals surface area (Å²) in [6, 6.07) is 9.34. The third-order valence-electron chi connectivity index (χ3n) is 2.23. The highest BCUT2D eigenvalue weighted by molar-refractivity contribution is 5.77. The van der Waals surface area contributed by atoms with E-state index in [1.165, 1.54) is 0 Å². The first-order valence-corrected chi connectivity index (χ1v) is 5.30. The second-order valence-electron chi connectivity index (χ2n) is 3.52. The fraction of sp³-hybridized carbons (Fsp3) is 0.417. The van der Waals surface area contributed by atoms with Crippen LogP contribution in [0.1, 0.15) is 0 Å². The molecule has 0 aliphatic rings. The summed E-state index contributed by atoms with van der Waals surface area (Å²) in [4.78, 5) is 13.2. The quantitative estimate of drug-likeness (QED) is 0.772. The van der Waals surface area contributed by atoms with Crippen LogP contribution in [0.4, 0.5) is 0 Å². The fourth-order valence-electron chi connectivity index (χ4n) is 1.18. The van der Waals surface area contributed by atoms with Gasteiger partial charge in [0.25, 0.3) is 5.91 Å². The number of likely N-dealkylation sites (N-methyl/N-ethyl adjacent to an activating group) is 2. The van der Waals surface area contributed by atoms with Crippen molar-refractivity contribution >= 4 is 5.91 Å². The molecule has 0 aliphatic heterocycles. The van der Waals surface area contributed by atoms with Gasteiger partial charge >= 0.3 is 0 Å². The highest BCUT2D eigenvalue weighted by Crippen LogP contribution is 2.07. The highest BCUT2D eigenvalue weighted by Gasteiger charge is 2.08. The smallest absolute Gasteiger partial charge is 0.260 e. The van der Waals surface area contributed by atoms with Crippen molar-refractivity contribution in [2.45, 2.75) is 0 Å². The van der Waals surface area contributed by atoms with E-state index >= 15 is 0 Å². The molecule has 16 heavy (non-hydrogen) atoms. The maximum absolute atomic E-state index is 11.6. The molecular formula is C12H18N2O2. The van der Waals surface area contributed by atoms with Gasteiger partial charge in [-0.15, -0.1) is 0 Å². The number of amides is 1. The standard InChI is InChI=1S/C12H18N2O2/c1-13-8-9-14(2)12(15)10-16-11-6-4-3-5-7-11/h3-7,13H,8-10H2,1-2H3. The predicted molar refractivity (Wildman–Crippen MR) is 63.5 cm³/mol. The molecule has 4 nitrogen and oxygen atoms in total. The molecule has 0 saturated carbocycles. The van der Waals surface area contributed by atoms with Crippen LogP contribution in [0.3, 0.4) is 0 Å². The number of nitrogens with zero attached hydrogens (tertiary/aromatic N) is 1. The van der Waals surface area contributed by atoms with Crippen molar-refractivity contribution in [1.82, 2.24) is 10.2 Å². The summed E-state index contributed by atoms with van der Waals surface area (Å²) in [6.45, 7) is 1.56. The monoisotopic (exact) mass is 222 g/mol. The molecule has 0 atom stereocenters. The van der Waals surface area contributed by atoms with Gasteiger partial charge in [-0.25, -0.2) is 0 Å². The van der Waals surface area contributed by atoms with Gasteiger partial charge in [0.05, 0.1) is 0 Å². The van der Waals surface area contributed by atoms with E-state index in [4.69, 9.17) is 4.74 Å². The Hall–Kier alpha value is -1.55. The van der Waals surface area contributed by atoms with Crippen LogP contribution in [-0.2, 0) is 4.79 Å². The summed E-state index contributed by atoms with van der Waals surface area (Å²) in [5.74, 6) is 0.706. The maximum Gasteiger partial charge on any atom is 0.260 e. The molecule has 1 aromatic rings. The summed E-state index contributed by atoms with van der Waals surface area (Å²) >= 11 is 0. The predicted octanol–water partition coefficient (Wildman–Crippen LogP) is 0.743. The average Bonchev–Trinajstić information content (AvgIpc) is 2.34. The van der Waals surface area contributed by atoms with Crippen LogP contribution in [0.5, 0.6) is 5.75 Å². The Morgan fingerprint density at radius 2 is 2.06 bits per heavy atom. The van der Waals surface area contributed by atoms with Gasteiger partial charge in [-0.3, -0.25) is 4.79 Å². The number of hydrogen-bond donors (Lipinski definition) is 1. The van der Waals surface area contributed by atoms with Gasteiger partial charge in [0.1, 0.15) is 5.75 Å². The minimum Gasteiger partial charge on any atom is -0.484 e. The van der Waals surface area contributed by atoms with Crippen LogP contribution < -0.4 is 10.1 Å². The fourth-order valence-corrected chi connectivity index (χ4v) is 1.18. The Kier molecular flexibility index (Phi) is 5.36. The lowest BCUT2D eigenvalue weighted by Gasteiger charge is -2.17. The summed E-state index contributed by atoms with van der Waals surface area (Å²) < 4.78 is 5.36. The molecule has 88 valence electrons. The molecule has 1 rings (SSSR count). The van der Waals surface area contributed by atoms with E-state index in [0.717, 1.165) is 12.3 Å². The first-order chi connectivity index (χ1) is 7.74. The van der Waals surface area contributed by atoms with E-state index in [0.29, 0.717) is 6.54 Å². The number of ether oxygens (including phenoxy) is 1. The van der Waals surface area contributed by atoms with Gasteiger partial charge in [-0.05, 0) is 19.2 Å². The Morgan fingerprint density at radius 3 is 2.69 bits per heavy atom. The molecule has 0 radical (unpaired) electrons. The van der Waals surface area contributed by atoms with Gasteiger partial charge in [0.15, 0.2) is 6.61 Å². The van der Waals surface area contributed by atoms with E-state index in [9.17, 15) is 4.79 Å². The second kappa shape index (κ2) is 6.85. The number of benzene rings is 1. The van der Waals surface area contributed by atoms with E-state index < -0.39 is 0 Å². The van der Waals surface area contributed by atoms with E-state index in [-0.39, 0.29) is 12.5 Å². The number of nitrogens with one attached hydrogen (secondary N) is 1. The lowest BCUT2D eigenvalue weighted by molar-refractivity contribution is -0.131. The SMILES string of the molecule is CNCCN(C)C(=O)COc1ccccc1. The first kappa shape index (κ1) is 12.5. The van der Waals surface area contributed by atoms with Crippen LogP contribution in [0.25, 0.3) is 0 Å². The summed E-state index contributed by atoms with van der Waals surface area (Å²) in [6.07, 6.45) is 0. The van der Waals surface area contributed by atoms with Gasteiger partial charge in [0.2, 0.25) is 0 Å². The molecule has 4 heteroatoms. The van der Waals surface area contributed by atoms with Crippen LogP contribution in [0.15, 0.2) is 30.3 Å². The van der Waals surface area contributed by atoms with Crippen LogP contribution >= 0.6 is 0 Å². The van der Waals surface area contributed by atoms with Crippen molar-refractivity contribution < 1.29 is 9.53 Å². The summed E-state index contributed by atoms with van der Waals surface area (Å²) in [5, 5.41) is 2.99. The molecule has 0 saturated heterocycles. The number of para-hydroxylation sites is 1. The van der Waals surface area contributed by atoms with Crippen molar-refractivity contribution in [2.75, 3.05) is 33.8 Å². The molecule has 0 bridgehead atoms. The lowest BCUT2D eigenvalue weighted by Crippen LogP contribution is -2.35. The molecule has 0 aliphatic carbocycles. The van der Waals surface area contributed by atoms with Gasteiger partial charge in [0, 0.05) is 20.1 Å². The van der Waals surface area contributed by atoms with Crippen LogP contribution in [0, 0.1) is 0 Å².